The Hall–Kier alpha value is -5.92. The molecular formula is C44H26O. The lowest BCUT2D eigenvalue weighted by molar-refractivity contribution is 0.669. The predicted octanol–water partition coefficient (Wildman–Crippen LogP) is 12.6. The molecule has 0 spiro atoms. The zero-order chi connectivity index (χ0) is 29.5. The summed E-state index contributed by atoms with van der Waals surface area (Å²) in [6.45, 7) is 0. The minimum Gasteiger partial charge on any atom is -0.456 e. The monoisotopic (exact) mass is 570 g/mol. The highest BCUT2D eigenvalue weighted by Crippen LogP contribution is 2.50. The van der Waals surface area contributed by atoms with Crippen LogP contribution in [0.3, 0.4) is 0 Å². The van der Waals surface area contributed by atoms with Gasteiger partial charge in [-0.25, -0.2) is 0 Å². The van der Waals surface area contributed by atoms with Crippen LogP contribution in [0, 0.1) is 0 Å². The van der Waals surface area contributed by atoms with E-state index in [4.69, 9.17) is 4.42 Å². The second-order valence-electron chi connectivity index (χ2n) is 12.0. The summed E-state index contributed by atoms with van der Waals surface area (Å²) in [4.78, 5) is 0. The second-order valence-corrected chi connectivity index (χ2v) is 12.0. The van der Waals surface area contributed by atoms with Gasteiger partial charge in [-0.05, 0) is 94.7 Å². The van der Waals surface area contributed by atoms with E-state index in [1.807, 2.05) is 0 Å². The third-order valence-electron chi connectivity index (χ3n) is 9.61. The minimum atomic E-state index is 0.939. The van der Waals surface area contributed by atoms with E-state index >= 15 is 0 Å². The van der Waals surface area contributed by atoms with E-state index in [0.29, 0.717) is 0 Å². The highest BCUT2D eigenvalue weighted by molar-refractivity contribution is 6.30. The largest absolute Gasteiger partial charge is 0.456 e. The lowest BCUT2D eigenvalue weighted by Gasteiger charge is -2.22. The smallest absolute Gasteiger partial charge is 0.136 e. The highest BCUT2D eigenvalue weighted by Gasteiger charge is 2.23. The fraction of sp³-hybridized carbons (Fsp3) is 0. The first-order valence-electron chi connectivity index (χ1n) is 15.5. The van der Waals surface area contributed by atoms with Gasteiger partial charge in [-0.3, -0.25) is 0 Å². The van der Waals surface area contributed by atoms with Crippen molar-refractivity contribution in [2.75, 3.05) is 0 Å². The van der Waals surface area contributed by atoms with Gasteiger partial charge in [0, 0.05) is 10.8 Å². The van der Waals surface area contributed by atoms with Gasteiger partial charge in [-0.1, -0.05) is 140 Å². The van der Waals surface area contributed by atoms with Crippen LogP contribution in [0.1, 0.15) is 0 Å². The van der Waals surface area contributed by atoms with Gasteiger partial charge in [0.25, 0.3) is 0 Å². The maximum Gasteiger partial charge on any atom is 0.136 e. The van der Waals surface area contributed by atoms with Crippen LogP contribution < -0.4 is 0 Å². The topological polar surface area (TPSA) is 13.1 Å². The third-order valence-corrected chi connectivity index (χ3v) is 9.61. The molecule has 0 bridgehead atoms. The summed E-state index contributed by atoms with van der Waals surface area (Å²) in [5, 5.41) is 12.4. The standard InChI is InChI=1S/C44H26O/c1-2-12-27(13-3-1)31-25-24-28-14-4-5-16-30(28)42(31)43-34-19-8-6-17-32(34)41(33-18-7-9-20-35(33)43)37-26-29-15-10-22-38-40(29)44-36(37)21-11-23-39(44)45-38/h1-26H. The summed E-state index contributed by atoms with van der Waals surface area (Å²) in [5.41, 5.74) is 9.41. The molecule has 0 aliphatic carbocycles. The number of furan rings is 1. The molecule has 1 nitrogen and oxygen atoms in total. The van der Waals surface area contributed by atoms with E-state index in [1.54, 1.807) is 0 Å². The van der Waals surface area contributed by atoms with Crippen molar-refractivity contribution in [2.24, 2.45) is 0 Å². The molecule has 1 heteroatoms. The molecule has 208 valence electrons. The summed E-state index contributed by atoms with van der Waals surface area (Å²) in [7, 11) is 0. The van der Waals surface area contributed by atoms with Gasteiger partial charge in [0.1, 0.15) is 11.2 Å². The van der Waals surface area contributed by atoms with Gasteiger partial charge < -0.3 is 4.42 Å². The van der Waals surface area contributed by atoms with Crippen LogP contribution in [0.5, 0.6) is 0 Å². The maximum atomic E-state index is 6.35. The maximum absolute atomic E-state index is 6.35. The van der Waals surface area contributed by atoms with E-state index in [-0.39, 0.29) is 0 Å². The molecule has 0 aliphatic heterocycles. The van der Waals surface area contributed by atoms with Crippen LogP contribution in [0.25, 0.3) is 98.4 Å². The van der Waals surface area contributed by atoms with Crippen LogP contribution in [-0.4, -0.2) is 0 Å². The van der Waals surface area contributed by atoms with Crippen molar-refractivity contribution >= 4 is 65.0 Å². The zero-order valence-electron chi connectivity index (χ0n) is 24.4. The minimum absolute atomic E-state index is 0.939. The van der Waals surface area contributed by atoms with Crippen molar-refractivity contribution < 1.29 is 4.42 Å². The summed E-state index contributed by atoms with van der Waals surface area (Å²) >= 11 is 0. The molecule has 0 radical (unpaired) electrons. The molecule has 9 aromatic carbocycles. The van der Waals surface area contributed by atoms with Crippen LogP contribution in [0.15, 0.2) is 162 Å². The van der Waals surface area contributed by atoms with Gasteiger partial charge in [0.2, 0.25) is 0 Å². The van der Waals surface area contributed by atoms with Crippen molar-refractivity contribution in [1.29, 1.82) is 0 Å². The molecule has 10 aromatic rings. The SMILES string of the molecule is c1ccc(-c2ccc3ccccc3c2-c2c3ccccc3c(-c3cc4cccc5oc6cccc3c6c45)c3ccccc23)cc1. The molecule has 0 saturated carbocycles. The van der Waals surface area contributed by atoms with Crippen LogP contribution in [0.2, 0.25) is 0 Å². The number of fused-ring (bicyclic) bond motifs is 3. The summed E-state index contributed by atoms with van der Waals surface area (Å²) in [6.07, 6.45) is 0. The van der Waals surface area contributed by atoms with Gasteiger partial charge in [0.05, 0.1) is 0 Å². The van der Waals surface area contributed by atoms with Gasteiger partial charge in [-0.2, -0.15) is 0 Å². The Labute approximate surface area is 259 Å². The molecule has 1 aromatic heterocycles. The highest BCUT2D eigenvalue weighted by atomic mass is 16.3. The Morgan fingerprint density at radius 3 is 1.60 bits per heavy atom. The van der Waals surface area contributed by atoms with Crippen molar-refractivity contribution in [3.05, 3.63) is 158 Å². The van der Waals surface area contributed by atoms with E-state index in [0.717, 1.165) is 11.2 Å². The molecule has 0 fully saturated rings. The molecular weight excluding hydrogens is 544 g/mol. The van der Waals surface area contributed by atoms with Gasteiger partial charge in [0.15, 0.2) is 0 Å². The first-order valence-corrected chi connectivity index (χ1v) is 15.5. The van der Waals surface area contributed by atoms with Crippen molar-refractivity contribution in [3.63, 3.8) is 0 Å². The second kappa shape index (κ2) is 9.29. The van der Waals surface area contributed by atoms with Crippen molar-refractivity contribution in [3.8, 4) is 33.4 Å². The Bertz CT molecular complexity index is 2690. The fourth-order valence-electron chi connectivity index (χ4n) is 7.77. The number of hydrogen-bond acceptors (Lipinski definition) is 1. The van der Waals surface area contributed by atoms with Crippen molar-refractivity contribution in [1.82, 2.24) is 0 Å². The molecule has 1 heterocycles. The average molecular weight is 571 g/mol. The predicted molar refractivity (Wildman–Crippen MR) is 191 cm³/mol. The summed E-state index contributed by atoms with van der Waals surface area (Å²) < 4.78 is 6.35. The molecule has 0 atom stereocenters. The fourth-order valence-corrected chi connectivity index (χ4v) is 7.77. The summed E-state index contributed by atoms with van der Waals surface area (Å²) in [5.74, 6) is 0. The lowest BCUT2D eigenvalue weighted by atomic mass is 9.81. The molecule has 0 N–H and O–H groups in total. The molecule has 45 heavy (non-hydrogen) atoms. The molecule has 0 aliphatic rings. The Balaban J connectivity index is 1.41. The third kappa shape index (κ3) is 3.44. The van der Waals surface area contributed by atoms with E-state index < -0.39 is 0 Å². The Morgan fingerprint density at radius 1 is 0.311 bits per heavy atom. The van der Waals surface area contributed by atoms with Crippen LogP contribution in [-0.2, 0) is 0 Å². The number of hydrogen-bond donors (Lipinski definition) is 0. The normalized spacial score (nSPS) is 12.0. The zero-order valence-corrected chi connectivity index (χ0v) is 24.4. The molecule has 10 rings (SSSR count). The number of benzene rings is 9. The summed E-state index contributed by atoms with van der Waals surface area (Å²) in [6, 6.07) is 57.4. The van der Waals surface area contributed by atoms with Crippen molar-refractivity contribution in [2.45, 2.75) is 0 Å². The van der Waals surface area contributed by atoms with E-state index in [1.165, 1.54) is 87.2 Å². The number of rotatable bonds is 3. The average Bonchev–Trinajstić information content (AvgIpc) is 3.50. The molecule has 0 saturated heterocycles. The van der Waals surface area contributed by atoms with Gasteiger partial charge in [-0.15, -0.1) is 0 Å². The lowest BCUT2D eigenvalue weighted by Crippen LogP contribution is -1.94. The van der Waals surface area contributed by atoms with Crippen LogP contribution >= 0.6 is 0 Å². The first kappa shape index (κ1) is 24.5. The Kier molecular flexibility index (Phi) is 5.06. The quantitative estimate of drug-likeness (QED) is 0.152. The molecule has 0 amide bonds. The van der Waals surface area contributed by atoms with Gasteiger partial charge >= 0.3 is 0 Å². The Morgan fingerprint density at radius 2 is 0.867 bits per heavy atom. The first-order chi connectivity index (χ1) is 22.3. The van der Waals surface area contributed by atoms with E-state index in [2.05, 4.69) is 158 Å². The molecule has 0 unspecified atom stereocenters. The van der Waals surface area contributed by atoms with Crippen LogP contribution in [0.4, 0.5) is 0 Å². The van der Waals surface area contributed by atoms with E-state index in [9.17, 15) is 0 Å².